The van der Waals surface area contributed by atoms with Crippen LogP contribution in [0.3, 0.4) is 0 Å². The molecule has 2 amide bonds. The van der Waals surface area contributed by atoms with Gasteiger partial charge in [0.15, 0.2) is 0 Å². The maximum atomic E-state index is 11.9. The molecule has 0 fully saturated rings. The number of amides is 2. The van der Waals surface area contributed by atoms with Crippen molar-refractivity contribution < 1.29 is 14.5 Å². The second-order valence-electron chi connectivity index (χ2n) is 5.23. The van der Waals surface area contributed by atoms with E-state index in [-0.39, 0.29) is 23.7 Å². The van der Waals surface area contributed by atoms with E-state index in [2.05, 4.69) is 15.8 Å². The molecule has 0 spiro atoms. The number of anilines is 1. The molecule has 0 aliphatic rings. The molecule has 8 nitrogen and oxygen atoms in total. The third kappa shape index (κ3) is 5.94. The quantitative estimate of drug-likeness (QED) is 0.425. The van der Waals surface area contributed by atoms with E-state index < -0.39 is 10.8 Å². The standard InChI is InChI=1S/C16H15ClN4O4S/c1-10-8-11(17)2-4-13(10)19-14(22)5-6-15(23)20-18-9-12-3-7-16(26-12)21(24)25/h2-4,7-9H,5-6H2,1H3,(H,19,22)(H,20,23)/b18-9-. The summed E-state index contributed by atoms with van der Waals surface area (Å²) in [7, 11) is 0. The number of nitrogens with one attached hydrogen (secondary N) is 2. The first-order chi connectivity index (χ1) is 12.3. The number of rotatable bonds is 7. The Morgan fingerprint density at radius 2 is 2.00 bits per heavy atom. The number of benzene rings is 1. The van der Waals surface area contributed by atoms with Gasteiger partial charge in [-0.2, -0.15) is 5.10 Å². The summed E-state index contributed by atoms with van der Waals surface area (Å²) in [6.45, 7) is 1.82. The predicted octanol–water partition coefficient (Wildman–Crippen LogP) is 3.49. The van der Waals surface area contributed by atoms with Crippen LogP contribution < -0.4 is 10.7 Å². The molecule has 0 aliphatic carbocycles. The minimum absolute atomic E-state index is 0.00606. The summed E-state index contributed by atoms with van der Waals surface area (Å²) < 4.78 is 0. The van der Waals surface area contributed by atoms with Crippen molar-refractivity contribution >= 4 is 51.7 Å². The van der Waals surface area contributed by atoms with Crippen LogP contribution in [0.25, 0.3) is 0 Å². The minimum atomic E-state index is -0.498. The van der Waals surface area contributed by atoms with Gasteiger partial charge in [0.05, 0.1) is 16.0 Å². The number of hydrogen-bond acceptors (Lipinski definition) is 6. The first-order valence-electron chi connectivity index (χ1n) is 7.47. The van der Waals surface area contributed by atoms with Gasteiger partial charge in [0, 0.05) is 29.6 Å². The average Bonchev–Trinajstić information content (AvgIpc) is 3.05. The van der Waals surface area contributed by atoms with E-state index in [4.69, 9.17) is 11.6 Å². The molecule has 2 aromatic rings. The average molecular weight is 395 g/mol. The maximum absolute atomic E-state index is 11.9. The van der Waals surface area contributed by atoms with Crippen molar-refractivity contribution in [1.82, 2.24) is 5.43 Å². The van der Waals surface area contributed by atoms with Gasteiger partial charge < -0.3 is 5.32 Å². The number of hydrogen-bond donors (Lipinski definition) is 2. The molecule has 0 aliphatic heterocycles. The van der Waals surface area contributed by atoms with Crippen LogP contribution in [-0.2, 0) is 9.59 Å². The molecule has 0 saturated carbocycles. The van der Waals surface area contributed by atoms with E-state index in [1.54, 1.807) is 18.2 Å². The van der Waals surface area contributed by atoms with Gasteiger partial charge >= 0.3 is 5.00 Å². The fraction of sp³-hybridized carbons (Fsp3) is 0.188. The third-order valence-electron chi connectivity index (χ3n) is 3.22. The number of carbonyl (C=O) groups excluding carboxylic acids is 2. The number of nitrogens with zero attached hydrogens (tertiary/aromatic N) is 2. The lowest BCUT2D eigenvalue weighted by atomic mass is 10.2. The SMILES string of the molecule is Cc1cc(Cl)ccc1NC(=O)CCC(=O)N/N=C\c1ccc([N+](=O)[O-])s1. The highest BCUT2D eigenvalue weighted by Crippen LogP contribution is 2.22. The van der Waals surface area contributed by atoms with Crippen molar-refractivity contribution in [2.24, 2.45) is 5.10 Å². The molecule has 1 heterocycles. The van der Waals surface area contributed by atoms with Gasteiger partial charge in [-0.05, 0) is 36.8 Å². The molecule has 0 bridgehead atoms. The van der Waals surface area contributed by atoms with Gasteiger partial charge in [-0.3, -0.25) is 19.7 Å². The Bertz CT molecular complexity index is 866. The number of halogens is 1. The monoisotopic (exact) mass is 394 g/mol. The molecule has 10 heteroatoms. The lowest BCUT2D eigenvalue weighted by Crippen LogP contribution is -2.20. The van der Waals surface area contributed by atoms with E-state index >= 15 is 0 Å². The number of hydrazone groups is 1. The van der Waals surface area contributed by atoms with E-state index in [0.717, 1.165) is 16.9 Å². The largest absolute Gasteiger partial charge is 0.326 e. The first-order valence-corrected chi connectivity index (χ1v) is 8.67. The molecule has 2 rings (SSSR count). The fourth-order valence-corrected chi connectivity index (χ4v) is 2.86. The number of carbonyl (C=O) groups is 2. The second-order valence-corrected chi connectivity index (χ2v) is 6.76. The molecular formula is C16H15ClN4O4S. The molecule has 0 saturated heterocycles. The molecule has 1 aromatic carbocycles. The van der Waals surface area contributed by atoms with Crippen LogP contribution in [-0.4, -0.2) is 23.0 Å². The van der Waals surface area contributed by atoms with Crippen LogP contribution in [0.5, 0.6) is 0 Å². The molecule has 136 valence electrons. The minimum Gasteiger partial charge on any atom is -0.326 e. The van der Waals surface area contributed by atoms with E-state index in [1.807, 2.05) is 6.92 Å². The summed E-state index contributed by atoms with van der Waals surface area (Å²) in [5.74, 6) is -0.737. The molecule has 0 atom stereocenters. The summed E-state index contributed by atoms with van der Waals surface area (Å²) in [6, 6.07) is 7.98. The van der Waals surface area contributed by atoms with E-state index in [9.17, 15) is 19.7 Å². The van der Waals surface area contributed by atoms with Gasteiger partial charge in [0.2, 0.25) is 11.8 Å². The maximum Gasteiger partial charge on any atom is 0.324 e. The Balaban J connectivity index is 1.76. The van der Waals surface area contributed by atoms with Crippen molar-refractivity contribution in [3.63, 3.8) is 0 Å². The Morgan fingerprint density at radius 3 is 2.65 bits per heavy atom. The lowest BCUT2D eigenvalue weighted by molar-refractivity contribution is -0.380. The first kappa shape index (κ1) is 19.5. The van der Waals surface area contributed by atoms with Crippen LogP contribution in [0, 0.1) is 17.0 Å². The van der Waals surface area contributed by atoms with Crippen molar-refractivity contribution in [1.29, 1.82) is 0 Å². The van der Waals surface area contributed by atoms with E-state index in [0.29, 0.717) is 15.6 Å². The van der Waals surface area contributed by atoms with Crippen LogP contribution in [0.2, 0.25) is 5.02 Å². The predicted molar refractivity (Wildman–Crippen MR) is 101 cm³/mol. The van der Waals surface area contributed by atoms with Crippen molar-refractivity contribution in [2.45, 2.75) is 19.8 Å². The molecule has 0 radical (unpaired) electrons. The Labute approximate surface area is 158 Å². The summed E-state index contributed by atoms with van der Waals surface area (Å²) in [6.07, 6.45) is 1.26. The molecule has 1 aromatic heterocycles. The van der Waals surface area contributed by atoms with Crippen molar-refractivity contribution in [2.75, 3.05) is 5.32 Å². The van der Waals surface area contributed by atoms with Crippen molar-refractivity contribution in [3.05, 3.63) is 55.9 Å². The second kappa shape index (κ2) is 9.07. The van der Waals surface area contributed by atoms with E-state index in [1.165, 1.54) is 18.3 Å². The van der Waals surface area contributed by atoms with Gasteiger partial charge in [-0.15, -0.1) is 0 Å². The zero-order valence-corrected chi connectivity index (χ0v) is 15.3. The highest BCUT2D eigenvalue weighted by molar-refractivity contribution is 7.16. The number of nitro groups is 1. The van der Waals surface area contributed by atoms with Gasteiger partial charge in [0.1, 0.15) is 0 Å². The summed E-state index contributed by atoms with van der Waals surface area (Å²) in [5.41, 5.74) is 3.74. The molecular weight excluding hydrogens is 380 g/mol. The normalized spacial score (nSPS) is 10.7. The summed E-state index contributed by atoms with van der Waals surface area (Å²) in [5, 5.41) is 17.6. The smallest absolute Gasteiger partial charge is 0.324 e. The van der Waals surface area contributed by atoms with Crippen LogP contribution in [0.4, 0.5) is 10.7 Å². The van der Waals surface area contributed by atoms with Crippen LogP contribution in [0.1, 0.15) is 23.3 Å². The molecule has 26 heavy (non-hydrogen) atoms. The number of thiophene rings is 1. The highest BCUT2D eigenvalue weighted by Gasteiger charge is 2.10. The lowest BCUT2D eigenvalue weighted by Gasteiger charge is -2.08. The van der Waals surface area contributed by atoms with Crippen LogP contribution in [0.15, 0.2) is 35.4 Å². The topological polar surface area (TPSA) is 114 Å². The molecule has 0 unspecified atom stereocenters. The Kier molecular flexibility index (Phi) is 6.81. The molecule has 2 N–H and O–H groups in total. The Hall–Kier alpha value is -2.78. The van der Waals surface area contributed by atoms with Crippen molar-refractivity contribution in [3.8, 4) is 0 Å². The van der Waals surface area contributed by atoms with Gasteiger partial charge in [-0.25, -0.2) is 5.43 Å². The Morgan fingerprint density at radius 1 is 1.27 bits per heavy atom. The zero-order chi connectivity index (χ0) is 19.1. The number of aryl methyl sites for hydroxylation is 1. The fourth-order valence-electron chi connectivity index (χ4n) is 1.94. The summed E-state index contributed by atoms with van der Waals surface area (Å²) in [4.78, 5) is 34.2. The zero-order valence-electron chi connectivity index (χ0n) is 13.7. The van der Waals surface area contributed by atoms with Crippen LogP contribution >= 0.6 is 22.9 Å². The van der Waals surface area contributed by atoms with Gasteiger partial charge in [0.25, 0.3) is 0 Å². The summed E-state index contributed by atoms with van der Waals surface area (Å²) >= 11 is 6.80. The van der Waals surface area contributed by atoms with Gasteiger partial charge in [-0.1, -0.05) is 22.9 Å². The third-order valence-corrected chi connectivity index (χ3v) is 4.42. The highest BCUT2D eigenvalue weighted by atomic mass is 35.5.